The maximum Gasteiger partial charge on any atom is 0.117 e. The Balaban J connectivity index is 1.47. The first-order chi connectivity index (χ1) is 8.72. The number of nitrogens with one attached hydrogen (secondary N) is 1. The van der Waals surface area contributed by atoms with Gasteiger partial charge in [-0.15, -0.1) is 0 Å². The molecule has 1 saturated heterocycles. The van der Waals surface area contributed by atoms with E-state index in [0.717, 1.165) is 30.5 Å². The number of hydrogen-bond acceptors (Lipinski definition) is 4. The summed E-state index contributed by atoms with van der Waals surface area (Å²) in [6, 6.07) is 4.15. The van der Waals surface area contributed by atoms with E-state index in [1.165, 1.54) is 6.42 Å². The molecule has 0 aromatic carbocycles. The van der Waals surface area contributed by atoms with Crippen LogP contribution in [0, 0.1) is 11.3 Å². The van der Waals surface area contributed by atoms with Gasteiger partial charge in [0.2, 0.25) is 0 Å². The van der Waals surface area contributed by atoms with Crippen molar-refractivity contribution in [1.82, 2.24) is 5.32 Å². The normalized spacial score (nSPS) is 29.0. The average Bonchev–Trinajstić information content (AvgIpc) is 2.88. The topological polar surface area (TPSA) is 54.6 Å². The van der Waals surface area contributed by atoms with Gasteiger partial charge in [-0.3, -0.25) is 0 Å². The lowest BCUT2D eigenvalue weighted by Gasteiger charge is -2.39. The summed E-state index contributed by atoms with van der Waals surface area (Å²) >= 11 is 0. The SMILES string of the molecule is C[C@H]1C[C@@H]1c1ccc(CNCC2(CO)COC2)o1. The van der Waals surface area contributed by atoms with E-state index in [-0.39, 0.29) is 12.0 Å². The molecule has 2 heterocycles. The summed E-state index contributed by atoms with van der Waals surface area (Å²) in [5.74, 6) is 3.53. The molecule has 4 heteroatoms. The molecule has 1 aromatic rings. The summed E-state index contributed by atoms with van der Waals surface area (Å²) < 4.78 is 11.0. The van der Waals surface area contributed by atoms with Crippen molar-refractivity contribution in [2.45, 2.75) is 25.8 Å². The highest BCUT2D eigenvalue weighted by Gasteiger charge is 2.38. The first kappa shape index (κ1) is 12.2. The fourth-order valence-corrected chi connectivity index (χ4v) is 2.50. The predicted octanol–water partition coefficient (Wildman–Crippen LogP) is 1.50. The van der Waals surface area contributed by atoms with Crippen molar-refractivity contribution in [2.75, 3.05) is 26.4 Å². The minimum Gasteiger partial charge on any atom is -0.464 e. The van der Waals surface area contributed by atoms with E-state index >= 15 is 0 Å². The predicted molar refractivity (Wildman–Crippen MR) is 67.3 cm³/mol. The van der Waals surface area contributed by atoms with Crippen LogP contribution in [0.25, 0.3) is 0 Å². The van der Waals surface area contributed by atoms with Gasteiger partial charge in [-0.2, -0.15) is 0 Å². The molecule has 2 N–H and O–H groups in total. The third kappa shape index (κ3) is 2.32. The molecule has 0 spiro atoms. The monoisotopic (exact) mass is 251 g/mol. The molecule has 2 aliphatic rings. The Labute approximate surface area is 107 Å². The second-order valence-corrected chi connectivity index (χ2v) is 5.88. The Hall–Kier alpha value is -0.840. The first-order valence-corrected chi connectivity index (χ1v) is 6.70. The second-order valence-electron chi connectivity index (χ2n) is 5.88. The summed E-state index contributed by atoms with van der Waals surface area (Å²) in [6.07, 6.45) is 1.26. The fourth-order valence-electron chi connectivity index (χ4n) is 2.50. The van der Waals surface area contributed by atoms with E-state index in [1.54, 1.807) is 0 Å². The van der Waals surface area contributed by atoms with E-state index in [2.05, 4.69) is 24.4 Å². The van der Waals surface area contributed by atoms with Crippen LogP contribution in [0.1, 0.15) is 30.8 Å². The van der Waals surface area contributed by atoms with Gasteiger partial charge in [-0.1, -0.05) is 6.92 Å². The zero-order valence-electron chi connectivity index (χ0n) is 10.8. The molecule has 0 radical (unpaired) electrons. The molecule has 0 unspecified atom stereocenters. The minimum absolute atomic E-state index is 0.0690. The van der Waals surface area contributed by atoms with E-state index in [0.29, 0.717) is 19.1 Å². The molecule has 1 aliphatic heterocycles. The molecular weight excluding hydrogens is 230 g/mol. The summed E-state index contributed by atoms with van der Waals surface area (Å²) in [7, 11) is 0. The standard InChI is InChI=1S/C14H21NO3/c1-10-4-12(10)13-3-2-11(18-13)5-15-6-14(7-16)8-17-9-14/h2-3,10,12,15-16H,4-9H2,1H3/t10-,12-/m0/s1. The summed E-state index contributed by atoms with van der Waals surface area (Å²) in [5, 5.41) is 12.7. The van der Waals surface area contributed by atoms with Crippen molar-refractivity contribution in [2.24, 2.45) is 11.3 Å². The van der Waals surface area contributed by atoms with Crippen LogP contribution in [0.4, 0.5) is 0 Å². The number of ether oxygens (including phenoxy) is 1. The number of furan rings is 1. The van der Waals surface area contributed by atoms with Crippen molar-refractivity contribution >= 4 is 0 Å². The van der Waals surface area contributed by atoms with Crippen molar-refractivity contribution in [1.29, 1.82) is 0 Å². The average molecular weight is 251 g/mol. The van der Waals surface area contributed by atoms with E-state index in [1.807, 2.05) is 0 Å². The van der Waals surface area contributed by atoms with Gasteiger partial charge in [0, 0.05) is 12.5 Å². The van der Waals surface area contributed by atoms with Gasteiger partial charge >= 0.3 is 0 Å². The molecule has 0 amide bonds. The van der Waals surface area contributed by atoms with Crippen LogP contribution in [0.3, 0.4) is 0 Å². The van der Waals surface area contributed by atoms with Gasteiger partial charge in [-0.05, 0) is 24.5 Å². The third-order valence-electron chi connectivity index (χ3n) is 4.11. The number of rotatable bonds is 6. The van der Waals surface area contributed by atoms with Gasteiger partial charge in [-0.25, -0.2) is 0 Å². The lowest BCUT2D eigenvalue weighted by Crippen LogP contribution is -2.52. The van der Waals surface area contributed by atoms with E-state index in [4.69, 9.17) is 9.15 Å². The van der Waals surface area contributed by atoms with Gasteiger partial charge < -0.3 is 19.6 Å². The largest absolute Gasteiger partial charge is 0.464 e. The lowest BCUT2D eigenvalue weighted by molar-refractivity contribution is -0.134. The molecule has 0 bridgehead atoms. The van der Waals surface area contributed by atoms with Crippen molar-refractivity contribution < 1.29 is 14.3 Å². The van der Waals surface area contributed by atoms with E-state index in [9.17, 15) is 5.11 Å². The summed E-state index contributed by atoms with van der Waals surface area (Å²) in [4.78, 5) is 0. The molecule has 1 aliphatic carbocycles. The number of aliphatic hydroxyl groups excluding tert-OH is 1. The molecule has 3 rings (SSSR count). The van der Waals surface area contributed by atoms with Crippen LogP contribution in [-0.2, 0) is 11.3 Å². The Morgan fingerprint density at radius 3 is 2.78 bits per heavy atom. The van der Waals surface area contributed by atoms with Gasteiger partial charge in [0.1, 0.15) is 11.5 Å². The molecular formula is C14H21NO3. The van der Waals surface area contributed by atoms with Crippen LogP contribution in [0.5, 0.6) is 0 Å². The molecule has 2 fully saturated rings. The van der Waals surface area contributed by atoms with Gasteiger partial charge in [0.25, 0.3) is 0 Å². The molecule has 100 valence electrons. The van der Waals surface area contributed by atoms with Crippen molar-refractivity contribution in [3.05, 3.63) is 23.7 Å². The zero-order valence-corrected chi connectivity index (χ0v) is 10.8. The van der Waals surface area contributed by atoms with Gasteiger partial charge in [0.05, 0.1) is 31.8 Å². The van der Waals surface area contributed by atoms with Crippen molar-refractivity contribution in [3.8, 4) is 0 Å². The quantitative estimate of drug-likeness (QED) is 0.804. The van der Waals surface area contributed by atoms with Crippen molar-refractivity contribution in [3.63, 3.8) is 0 Å². The second kappa shape index (κ2) is 4.68. The molecule has 1 aromatic heterocycles. The van der Waals surface area contributed by atoms with Crippen LogP contribution in [-0.4, -0.2) is 31.5 Å². The molecule has 2 atom stereocenters. The van der Waals surface area contributed by atoms with Crippen LogP contribution >= 0.6 is 0 Å². The fraction of sp³-hybridized carbons (Fsp3) is 0.714. The smallest absolute Gasteiger partial charge is 0.117 e. The first-order valence-electron chi connectivity index (χ1n) is 6.70. The maximum atomic E-state index is 9.30. The summed E-state index contributed by atoms with van der Waals surface area (Å²) in [5.41, 5.74) is -0.0690. The van der Waals surface area contributed by atoms with Crippen LogP contribution in [0.2, 0.25) is 0 Å². The highest BCUT2D eigenvalue weighted by molar-refractivity contribution is 5.17. The summed E-state index contributed by atoms with van der Waals surface area (Å²) in [6.45, 7) is 5.25. The molecule has 18 heavy (non-hydrogen) atoms. The minimum atomic E-state index is -0.0690. The zero-order chi connectivity index (χ0) is 12.6. The Morgan fingerprint density at radius 1 is 1.44 bits per heavy atom. The van der Waals surface area contributed by atoms with Crippen LogP contribution < -0.4 is 5.32 Å². The van der Waals surface area contributed by atoms with Gasteiger partial charge in [0.15, 0.2) is 0 Å². The maximum absolute atomic E-state index is 9.30. The molecule has 4 nitrogen and oxygen atoms in total. The highest BCUT2D eigenvalue weighted by Crippen LogP contribution is 2.47. The third-order valence-corrected chi connectivity index (χ3v) is 4.11. The number of aliphatic hydroxyl groups is 1. The Bertz CT molecular complexity index is 405. The lowest BCUT2D eigenvalue weighted by atomic mass is 9.87. The van der Waals surface area contributed by atoms with E-state index < -0.39 is 0 Å². The Kier molecular flexibility index (Phi) is 3.18. The highest BCUT2D eigenvalue weighted by atomic mass is 16.5. The van der Waals surface area contributed by atoms with Crippen LogP contribution in [0.15, 0.2) is 16.5 Å². The number of hydrogen-bond donors (Lipinski definition) is 2. The molecule has 1 saturated carbocycles. The Morgan fingerprint density at radius 2 is 2.22 bits per heavy atom.